The molecular weight excluding hydrogens is 566 g/mol. The van der Waals surface area contributed by atoms with Crippen molar-refractivity contribution in [2.75, 3.05) is 33.3 Å². The molecule has 4 nitrogen and oxygen atoms in total. The summed E-state index contributed by atoms with van der Waals surface area (Å²) in [4.78, 5) is 15.7. The summed E-state index contributed by atoms with van der Waals surface area (Å²) in [6, 6.07) is 17.4. The Hall–Kier alpha value is -3.25. The van der Waals surface area contributed by atoms with Gasteiger partial charge in [0, 0.05) is 35.7 Å². The minimum atomic E-state index is -0.248. The van der Waals surface area contributed by atoms with Crippen LogP contribution in [0.15, 0.2) is 60.7 Å². The van der Waals surface area contributed by atoms with E-state index in [-0.39, 0.29) is 34.3 Å². The summed E-state index contributed by atoms with van der Waals surface area (Å²) >= 11 is 0. The SMILES string of the molecule is COc1c(C(C)(C)C)cc(C(=O)N2CC[C@H](CNCCCCCC(c3ccc(F)cc3)c3ccc(F)cc3)C2)cc1C(C)(C)C. The lowest BCUT2D eigenvalue weighted by molar-refractivity contribution is 0.0786. The van der Waals surface area contributed by atoms with Crippen LogP contribution < -0.4 is 10.1 Å². The lowest BCUT2D eigenvalue weighted by Crippen LogP contribution is -2.32. The van der Waals surface area contributed by atoms with Crippen LogP contribution in [-0.2, 0) is 10.8 Å². The van der Waals surface area contributed by atoms with Crippen molar-refractivity contribution in [2.24, 2.45) is 5.92 Å². The highest BCUT2D eigenvalue weighted by Gasteiger charge is 2.32. The number of benzene rings is 3. The van der Waals surface area contributed by atoms with E-state index in [4.69, 9.17) is 4.74 Å². The molecule has 4 rings (SSSR count). The molecule has 1 amide bonds. The Labute approximate surface area is 269 Å². The van der Waals surface area contributed by atoms with Gasteiger partial charge in [0.1, 0.15) is 17.4 Å². The van der Waals surface area contributed by atoms with Gasteiger partial charge in [-0.25, -0.2) is 8.78 Å². The highest BCUT2D eigenvalue weighted by atomic mass is 19.1. The molecule has 244 valence electrons. The van der Waals surface area contributed by atoms with Crippen molar-refractivity contribution in [3.63, 3.8) is 0 Å². The largest absolute Gasteiger partial charge is 0.496 e. The number of carbonyl (C=O) groups is 1. The van der Waals surface area contributed by atoms with Crippen molar-refractivity contribution in [3.05, 3.63) is 100 Å². The number of likely N-dealkylation sites (tertiary alicyclic amines) is 1. The predicted molar refractivity (Wildman–Crippen MR) is 180 cm³/mol. The van der Waals surface area contributed by atoms with E-state index in [1.165, 1.54) is 24.3 Å². The number of amides is 1. The number of carbonyl (C=O) groups excluding carboxylic acids is 1. The van der Waals surface area contributed by atoms with Crippen molar-refractivity contribution in [1.82, 2.24) is 10.2 Å². The van der Waals surface area contributed by atoms with Crippen LogP contribution in [0.1, 0.15) is 112 Å². The van der Waals surface area contributed by atoms with Gasteiger partial charge in [0.05, 0.1) is 7.11 Å². The quantitative estimate of drug-likeness (QED) is 0.206. The van der Waals surface area contributed by atoms with E-state index in [1.807, 2.05) is 41.3 Å². The van der Waals surface area contributed by atoms with Crippen LogP contribution >= 0.6 is 0 Å². The number of nitrogens with one attached hydrogen (secondary N) is 1. The molecule has 1 fully saturated rings. The van der Waals surface area contributed by atoms with Gasteiger partial charge in [-0.1, -0.05) is 78.6 Å². The maximum Gasteiger partial charge on any atom is 0.253 e. The number of ether oxygens (including phenoxy) is 1. The third-order valence-electron chi connectivity index (χ3n) is 9.05. The lowest BCUT2D eigenvalue weighted by atomic mass is 9.78. The molecule has 3 aromatic rings. The molecule has 0 saturated carbocycles. The van der Waals surface area contributed by atoms with Crippen LogP contribution in [-0.4, -0.2) is 44.1 Å². The standard InChI is InChI=1S/C39H52F2N2O2/c1-38(2,3)34-23-30(24-35(36(34)45-7)39(4,5)6)37(44)43-22-20-27(26-43)25-42-21-10-8-9-11-33(28-12-16-31(40)17-13-28)29-14-18-32(41)19-15-29/h12-19,23-24,27,33,42H,8-11,20-22,25-26H2,1-7H3/t27-/m1/s1. The molecule has 1 heterocycles. The van der Waals surface area contributed by atoms with Crippen LogP contribution in [0.5, 0.6) is 5.75 Å². The Bertz CT molecular complexity index is 1320. The van der Waals surface area contributed by atoms with Gasteiger partial charge in [0.25, 0.3) is 5.91 Å². The molecule has 0 aliphatic carbocycles. The van der Waals surface area contributed by atoms with Gasteiger partial charge in [0.15, 0.2) is 0 Å². The first-order valence-electron chi connectivity index (χ1n) is 16.5. The van der Waals surface area contributed by atoms with Crippen molar-refractivity contribution >= 4 is 5.91 Å². The lowest BCUT2D eigenvalue weighted by Gasteiger charge is -2.30. The zero-order chi connectivity index (χ0) is 32.8. The van der Waals surface area contributed by atoms with Gasteiger partial charge >= 0.3 is 0 Å². The van der Waals surface area contributed by atoms with E-state index in [2.05, 4.69) is 46.9 Å². The zero-order valence-corrected chi connectivity index (χ0v) is 28.3. The van der Waals surface area contributed by atoms with E-state index in [0.717, 1.165) is 91.8 Å². The minimum Gasteiger partial charge on any atom is -0.496 e. The fourth-order valence-corrected chi connectivity index (χ4v) is 6.45. The molecule has 1 saturated heterocycles. The topological polar surface area (TPSA) is 41.6 Å². The highest BCUT2D eigenvalue weighted by molar-refractivity contribution is 5.95. The summed E-state index contributed by atoms with van der Waals surface area (Å²) < 4.78 is 33.0. The third-order valence-corrected chi connectivity index (χ3v) is 9.05. The molecule has 3 aromatic carbocycles. The minimum absolute atomic E-state index is 0.105. The van der Waals surface area contributed by atoms with Gasteiger partial charge < -0.3 is 15.0 Å². The highest BCUT2D eigenvalue weighted by Crippen LogP contribution is 2.41. The summed E-state index contributed by atoms with van der Waals surface area (Å²) in [5.41, 5.74) is 4.70. The number of rotatable bonds is 12. The first-order valence-corrected chi connectivity index (χ1v) is 16.5. The number of halogens is 2. The van der Waals surface area contributed by atoms with Crippen LogP contribution in [0.4, 0.5) is 8.78 Å². The van der Waals surface area contributed by atoms with E-state index in [0.29, 0.717) is 5.92 Å². The molecule has 6 heteroatoms. The van der Waals surface area contributed by atoms with Crippen molar-refractivity contribution in [3.8, 4) is 5.75 Å². The van der Waals surface area contributed by atoms with Crippen LogP contribution in [0.2, 0.25) is 0 Å². The second-order valence-electron chi connectivity index (χ2n) is 14.7. The van der Waals surface area contributed by atoms with Crippen LogP contribution in [0.3, 0.4) is 0 Å². The maximum absolute atomic E-state index is 13.7. The van der Waals surface area contributed by atoms with Gasteiger partial charge in [0.2, 0.25) is 0 Å². The fraction of sp³-hybridized carbons (Fsp3) is 0.513. The van der Waals surface area contributed by atoms with E-state index in [1.54, 1.807) is 7.11 Å². The molecule has 1 aliphatic rings. The summed E-state index contributed by atoms with van der Waals surface area (Å²) in [6.07, 6.45) is 5.10. The Kier molecular flexibility index (Phi) is 11.5. The Morgan fingerprint density at radius 2 is 1.40 bits per heavy atom. The monoisotopic (exact) mass is 618 g/mol. The maximum atomic E-state index is 13.7. The van der Waals surface area contributed by atoms with Crippen molar-refractivity contribution < 1.29 is 18.3 Å². The van der Waals surface area contributed by atoms with Gasteiger partial charge in [-0.3, -0.25) is 4.79 Å². The van der Waals surface area contributed by atoms with Gasteiger partial charge in [-0.15, -0.1) is 0 Å². The summed E-state index contributed by atoms with van der Waals surface area (Å²) in [5, 5.41) is 3.63. The number of hydrogen-bond acceptors (Lipinski definition) is 3. The van der Waals surface area contributed by atoms with Gasteiger partial charge in [-0.2, -0.15) is 0 Å². The number of hydrogen-bond donors (Lipinski definition) is 1. The van der Waals surface area contributed by atoms with E-state index < -0.39 is 0 Å². The van der Waals surface area contributed by atoms with E-state index in [9.17, 15) is 13.6 Å². The molecule has 1 atom stereocenters. The first-order chi connectivity index (χ1) is 21.3. The number of unbranched alkanes of at least 4 members (excludes halogenated alkanes) is 2. The number of methoxy groups -OCH3 is 1. The molecule has 0 spiro atoms. The summed E-state index contributed by atoms with van der Waals surface area (Å²) in [5.74, 6) is 1.05. The molecule has 1 aliphatic heterocycles. The summed E-state index contributed by atoms with van der Waals surface area (Å²) in [6.45, 7) is 16.4. The smallest absolute Gasteiger partial charge is 0.253 e. The fourth-order valence-electron chi connectivity index (χ4n) is 6.45. The molecular formula is C39H52F2N2O2. The van der Waals surface area contributed by atoms with E-state index >= 15 is 0 Å². The average Bonchev–Trinajstić information content (AvgIpc) is 3.47. The predicted octanol–water partition coefficient (Wildman–Crippen LogP) is 9.01. The molecule has 1 N–H and O–H groups in total. The molecule has 0 aromatic heterocycles. The van der Waals surface area contributed by atoms with Crippen LogP contribution in [0, 0.1) is 17.6 Å². The molecule has 0 radical (unpaired) electrons. The normalized spacial score (nSPS) is 15.6. The second-order valence-corrected chi connectivity index (χ2v) is 14.7. The Morgan fingerprint density at radius 3 is 1.89 bits per heavy atom. The first kappa shape index (κ1) is 34.6. The van der Waals surface area contributed by atoms with Gasteiger partial charge in [-0.05, 0) is 96.6 Å². The number of nitrogens with zero attached hydrogens (tertiary/aromatic N) is 1. The second kappa shape index (κ2) is 14.9. The third kappa shape index (κ3) is 9.16. The summed E-state index contributed by atoms with van der Waals surface area (Å²) in [7, 11) is 1.72. The molecule has 45 heavy (non-hydrogen) atoms. The Morgan fingerprint density at radius 1 is 0.867 bits per heavy atom. The average molecular weight is 619 g/mol. The molecule has 0 bridgehead atoms. The Balaban J connectivity index is 1.26. The van der Waals surface area contributed by atoms with Crippen LogP contribution in [0.25, 0.3) is 0 Å². The van der Waals surface area contributed by atoms with Crippen molar-refractivity contribution in [1.29, 1.82) is 0 Å². The van der Waals surface area contributed by atoms with Crippen molar-refractivity contribution in [2.45, 2.75) is 90.4 Å². The zero-order valence-electron chi connectivity index (χ0n) is 28.3. The molecule has 0 unspecified atom stereocenters.